The van der Waals surface area contributed by atoms with Crippen LogP contribution in [0.15, 0.2) is 12.2 Å². The number of ether oxygens (including phenoxy) is 2. The van der Waals surface area contributed by atoms with Crippen LogP contribution in [-0.2, 0) is 19.1 Å². The van der Waals surface area contributed by atoms with Gasteiger partial charge < -0.3 is 29.9 Å². The second kappa shape index (κ2) is 29.3. The zero-order valence-corrected chi connectivity index (χ0v) is 31.0. The fourth-order valence-corrected chi connectivity index (χ4v) is 6.69. The Hall–Kier alpha value is -1.48. The summed E-state index contributed by atoms with van der Waals surface area (Å²) < 4.78 is 10.3. The average molecular weight is 683 g/mol. The molecule has 1 aliphatic rings. The summed E-state index contributed by atoms with van der Waals surface area (Å²) >= 11 is 0. The lowest BCUT2D eigenvalue weighted by atomic mass is 9.88. The quantitative estimate of drug-likeness (QED) is 0.0326. The number of carbonyl (C=O) groups is 2. The van der Waals surface area contributed by atoms with Crippen molar-refractivity contribution in [3.05, 3.63) is 12.2 Å². The number of aliphatic hydroxyl groups is 4. The van der Waals surface area contributed by atoms with Gasteiger partial charge in [-0.2, -0.15) is 0 Å². The predicted molar refractivity (Wildman–Crippen MR) is 193 cm³/mol. The first kappa shape index (κ1) is 44.5. The molecule has 7 atom stereocenters. The van der Waals surface area contributed by atoms with Crippen LogP contribution < -0.4 is 0 Å². The molecule has 8 nitrogen and oxygen atoms in total. The number of esters is 2. The highest BCUT2D eigenvalue weighted by molar-refractivity contribution is 5.69. The normalized spacial score (nSPS) is 21.4. The Morgan fingerprint density at radius 1 is 0.688 bits per heavy atom. The molecular formula is C40H74O8. The van der Waals surface area contributed by atoms with E-state index in [1.165, 1.54) is 57.8 Å². The van der Waals surface area contributed by atoms with Crippen LogP contribution >= 0.6 is 0 Å². The minimum atomic E-state index is -1.03. The molecule has 282 valence electrons. The van der Waals surface area contributed by atoms with Crippen molar-refractivity contribution in [2.24, 2.45) is 17.8 Å². The molecule has 8 heteroatoms. The first-order valence-corrected chi connectivity index (χ1v) is 19.9. The number of carbonyl (C=O) groups excluding carboxylic acids is 2. The van der Waals surface area contributed by atoms with Crippen LogP contribution in [0.4, 0.5) is 0 Å². The van der Waals surface area contributed by atoms with Crippen molar-refractivity contribution < 1.29 is 39.5 Å². The molecule has 48 heavy (non-hydrogen) atoms. The summed E-state index contributed by atoms with van der Waals surface area (Å²) in [5, 5.41) is 41.2. The molecule has 0 aromatic carbocycles. The number of aliphatic hydroxyl groups excluding tert-OH is 4. The summed E-state index contributed by atoms with van der Waals surface area (Å²) in [7, 11) is 0. The third-order valence-electron chi connectivity index (χ3n) is 10.1. The fraction of sp³-hybridized carbons (Fsp3) is 0.900. The fourth-order valence-electron chi connectivity index (χ4n) is 6.69. The van der Waals surface area contributed by atoms with Gasteiger partial charge in [-0.3, -0.25) is 9.59 Å². The van der Waals surface area contributed by atoms with Gasteiger partial charge in [0, 0.05) is 25.2 Å². The van der Waals surface area contributed by atoms with Crippen LogP contribution in [0.3, 0.4) is 0 Å². The van der Waals surface area contributed by atoms with Crippen molar-refractivity contribution >= 4 is 11.9 Å². The summed E-state index contributed by atoms with van der Waals surface area (Å²) in [5.74, 6) is -0.00893. The number of hydrogen-bond donors (Lipinski definition) is 4. The third-order valence-corrected chi connectivity index (χ3v) is 10.1. The van der Waals surface area contributed by atoms with E-state index in [2.05, 4.69) is 20.8 Å². The van der Waals surface area contributed by atoms with Crippen LogP contribution in [0.1, 0.15) is 175 Å². The van der Waals surface area contributed by atoms with E-state index in [9.17, 15) is 30.0 Å². The standard InChI is InChI=1S/C40H74O8/c1-4-6-17-23-33(41)27-28-36-35(37(43)29-38(36)44)24-19-15-16-21-26-40(46)48-31-34(42)30-47-39(45)25-20-14-12-10-8-7-9-11-13-18-22-32(3)5-2/h27-28,32-38,41-44H,4-26,29-31H2,1-3H3/b28-27+/t32?,33-,34-,35+,36+,37-,38+/m0/s1. The maximum Gasteiger partial charge on any atom is 0.305 e. The van der Waals surface area contributed by atoms with Gasteiger partial charge in [0.25, 0.3) is 0 Å². The van der Waals surface area contributed by atoms with Gasteiger partial charge in [-0.25, -0.2) is 0 Å². The molecule has 1 saturated carbocycles. The van der Waals surface area contributed by atoms with Gasteiger partial charge in [0.1, 0.15) is 19.3 Å². The minimum absolute atomic E-state index is 0.0293. The van der Waals surface area contributed by atoms with E-state index < -0.39 is 24.4 Å². The van der Waals surface area contributed by atoms with Crippen molar-refractivity contribution in [2.45, 2.75) is 199 Å². The SMILES string of the molecule is CCCCC[C@H](O)/C=C/[C@@H]1[C@@H](CCCCCCC(=O)OC[C@@H](O)COC(=O)CCCCCCCCCCCCC(C)CC)[C@@H](O)C[C@H]1O. The number of unbranched alkanes of at least 4 members (excludes halogenated alkanes) is 14. The second-order valence-electron chi connectivity index (χ2n) is 14.6. The minimum Gasteiger partial charge on any atom is -0.463 e. The monoisotopic (exact) mass is 683 g/mol. The van der Waals surface area contributed by atoms with E-state index in [0.29, 0.717) is 25.7 Å². The smallest absolute Gasteiger partial charge is 0.305 e. The first-order chi connectivity index (χ1) is 23.2. The second-order valence-corrected chi connectivity index (χ2v) is 14.6. The predicted octanol–water partition coefficient (Wildman–Crippen LogP) is 8.36. The van der Waals surface area contributed by atoms with Gasteiger partial charge in [-0.1, -0.05) is 142 Å². The van der Waals surface area contributed by atoms with Crippen LogP contribution in [0.5, 0.6) is 0 Å². The highest BCUT2D eigenvalue weighted by Gasteiger charge is 2.39. The van der Waals surface area contributed by atoms with Crippen molar-refractivity contribution in [3.8, 4) is 0 Å². The lowest BCUT2D eigenvalue weighted by molar-refractivity contribution is -0.152. The molecule has 0 heterocycles. The van der Waals surface area contributed by atoms with Crippen LogP contribution in [0.2, 0.25) is 0 Å². The van der Waals surface area contributed by atoms with Crippen molar-refractivity contribution in [1.29, 1.82) is 0 Å². The number of rotatable bonds is 31. The molecular weight excluding hydrogens is 608 g/mol. The summed E-state index contributed by atoms with van der Waals surface area (Å²) in [4.78, 5) is 24.1. The highest BCUT2D eigenvalue weighted by atomic mass is 16.6. The highest BCUT2D eigenvalue weighted by Crippen LogP contribution is 2.37. The largest absolute Gasteiger partial charge is 0.463 e. The molecule has 0 bridgehead atoms. The van der Waals surface area contributed by atoms with Gasteiger partial charge >= 0.3 is 11.9 Å². The Morgan fingerprint density at radius 2 is 1.19 bits per heavy atom. The van der Waals surface area contributed by atoms with E-state index in [4.69, 9.17) is 9.47 Å². The Labute approximate surface area is 293 Å². The topological polar surface area (TPSA) is 134 Å². The molecule has 0 spiro atoms. The summed E-state index contributed by atoms with van der Waals surface area (Å²) in [6.07, 6.45) is 24.7. The Morgan fingerprint density at radius 3 is 1.73 bits per heavy atom. The molecule has 0 radical (unpaired) electrons. The Balaban J connectivity index is 2.02. The van der Waals surface area contributed by atoms with E-state index >= 15 is 0 Å². The van der Waals surface area contributed by atoms with Crippen molar-refractivity contribution in [3.63, 3.8) is 0 Å². The molecule has 1 rings (SSSR count). The third kappa shape index (κ3) is 23.0. The van der Waals surface area contributed by atoms with E-state index in [-0.39, 0.29) is 43.4 Å². The summed E-state index contributed by atoms with van der Waals surface area (Å²) in [6.45, 7) is 6.39. The number of hydrogen-bond acceptors (Lipinski definition) is 8. The maximum absolute atomic E-state index is 12.1. The van der Waals surface area contributed by atoms with Gasteiger partial charge in [-0.15, -0.1) is 0 Å². The lowest BCUT2D eigenvalue weighted by Crippen LogP contribution is -2.25. The van der Waals surface area contributed by atoms with Crippen molar-refractivity contribution in [1.82, 2.24) is 0 Å². The van der Waals surface area contributed by atoms with Gasteiger partial charge in [0.05, 0.1) is 18.3 Å². The molecule has 4 N–H and O–H groups in total. The molecule has 0 aromatic heterocycles. The summed E-state index contributed by atoms with van der Waals surface area (Å²) in [6, 6.07) is 0. The summed E-state index contributed by atoms with van der Waals surface area (Å²) in [5.41, 5.74) is 0. The molecule has 0 saturated heterocycles. The van der Waals surface area contributed by atoms with Gasteiger partial charge in [-0.05, 0) is 37.5 Å². The van der Waals surface area contributed by atoms with Gasteiger partial charge in [0.15, 0.2) is 0 Å². The van der Waals surface area contributed by atoms with E-state index in [1.807, 2.05) is 6.08 Å². The zero-order valence-electron chi connectivity index (χ0n) is 31.0. The molecule has 1 fully saturated rings. The van der Waals surface area contributed by atoms with Gasteiger partial charge in [0.2, 0.25) is 0 Å². The van der Waals surface area contributed by atoms with Crippen LogP contribution in [-0.4, -0.2) is 70.0 Å². The van der Waals surface area contributed by atoms with E-state index in [1.54, 1.807) is 6.08 Å². The lowest BCUT2D eigenvalue weighted by Gasteiger charge is -2.21. The van der Waals surface area contributed by atoms with E-state index in [0.717, 1.165) is 70.1 Å². The maximum atomic E-state index is 12.1. The Kier molecular flexibility index (Phi) is 27.2. The van der Waals surface area contributed by atoms with Crippen molar-refractivity contribution in [2.75, 3.05) is 13.2 Å². The van der Waals surface area contributed by atoms with Crippen LogP contribution in [0.25, 0.3) is 0 Å². The Bertz CT molecular complexity index is 817. The average Bonchev–Trinajstić information content (AvgIpc) is 3.34. The zero-order chi connectivity index (χ0) is 35.4. The first-order valence-electron chi connectivity index (χ1n) is 19.9. The molecule has 0 aromatic rings. The molecule has 1 unspecified atom stereocenters. The molecule has 1 aliphatic carbocycles. The van der Waals surface area contributed by atoms with Crippen LogP contribution in [0, 0.1) is 17.8 Å². The molecule has 0 amide bonds. The molecule has 0 aliphatic heterocycles.